The summed E-state index contributed by atoms with van der Waals surface area (Å²) in [6, 6.07) is 0. The van der Waals surface area contributed by atoms with Crippen LogP contribution in [-0.4, -0.2) is 74.9 Å². The fourth-order valence-corrected chi connectivity index (χ4v) is 9.83. The Balaban J connectivity index is 4.17. The van der Waals surface area contributed by atoms with Crippen molar-refractivity contribution >= 4 is 19.8 Å². The van der Waals surface area contributed by atoms with E-state index >= 15 is 0 Å². The Morgan fingerprint density at radius 3 is 1.02 bits per heavy atom. The zero-order chi connectivity index (χ0) is 62.6. The SMILES string of the molecule is CC/C=C\C/C=C\C/C=C\C/C=C\C/C=C\C/C=C\C/C=C\C/C=C\C/C=C\CCCC(=O)OC(COC(=O)CCCCCCCCCCCCCCCCCCCC/C=C\C/C=C\C/C=C\CCCCCCC)COP(=O)(O)OCC[N+](C)(C)C. The van der Waals surface area contributed by atoms with Crippen LogP contribution in [0.3, 0.4) is 0 Å². The zero-order valence-corrected chi connectivity index (χ0v) is 56.6. The molecule has 10 heteroatoms. The highest BCUT2D eigenvalue weighted by atomic mass is 31.2. The first-order valence-corrected chi connectivity index (χ1v) is 36.1. The molecule has 0 amide bonds. The van der Waals surface area contributed by atoms with Crippen LogP contribution < -0.4 is 0 Å². The van der Waals surface area contributed by atoms with Crippen molar-refractivity contribution in [3.63, 3.8) is 0 Å². The minimum atomic E-state index is -4.42. The molecule has 0 bridgehead atoms. The lowest BCUT2D eigenvalue weighted by atomic mass is 10.0. The summed E-state index contributed by atoms with van der Waals surface area (Å²) >= 11 is 0. The van der Waals surface area contributed by atoms with Crippen LogP contribution in [0.1, 0.15) is 271 Å². The van der Waals surface area contributed by atoms with Gasteiger partial charge in [0.1, 0.15) is 19.8 Å². The van der Waals surface area contributed by atoms with Crippen molar-refractivity contribution in [3.8, 4) is 0 Å². The Morgan fingerprint density at radius 2 is 0.674 bits per heavy atom. The number of ether oxygens (including phenoxy) is 2. The second kappa shape index (κ2) is 65.3. The van der Waals surface area contributed by atoms with Gasteiger partial charge in [-0.05, 0) is 116 Å². The summed E-state index contributed by atoms with van der Waals surface area (Å²) in [5.41, 5.74) is 0. The van der Waals surface area contributed by atoms with E-state index in [2.05, 4.69) is 160 Å². The highest BCUT2D eigenvalue weighted by Gasteiger charge is 2.27. The number of phosphoric ester groups is 1. The molecule has 0 fully saturated rings. The Hall–Kier alpha value is -4.11. The first-order chi connectivity index (χ1) is 42.0. The average molecular weight is 1220 g/mol. The van der Waals surface area contributed by atoms with Crippen molar-refractivity contribution < 1.29 is 42.1 Å². The van der Waals surface area contributed by atoms with Gasteiger partial charge in [-0.2, -0.15) is 0 Å². The number of carbonyl (C=O) groups excluding carboxylic acids is 2. The highest BCUT2D eigenvalue weighted by Crippen LogP contribution is 2.43. The van der Waals surface area contributed by atoms with Crippen molar-refractivity contribution in [2.24, 2.45) is 0 Å². The molecule has 0 spiro atoms. The summed E-state index contributed by atoms with van der Waals surface area (Å²) < 4.78 is 34.6. The molecule has 86 heavy (non-hydrogen) atoms. The van der Waals surface area contributed by atoms with Gasteiger partial charge in [0.25, 0.3) is 0 Å². The monoisotopic (exact) mass is 1210 g/mol. The Morgan fingerprint density at radius 1 is 0.372 bits per heavy atom. The number of likely N-dealkylation sites (N-methyl/N-ethyl adjacent to an activating group) is 1. The highest BCUT2D eigenvalue weighted by molar-refractivity contribution is 7.47. The van der Waals surface area contributed by atoms with Crippen LogP contribution in [0.25, 0.3) is 0 Å². The number of hydrogen-bond donors (Lipinski definition) is 1. The molecule has 2 atom stereocenters. The third-order valence-corrected chi connectivity index (χ3v) is 15.3. The summed E-state index contributed by atoms with van der Waals surface area (Å²) in [6.45, 7) is 4.24. The van der Waals surface area contributed by atoms with Gasteiger partial charge >= 0.3 is 19.8 Å². The van der Waals surface area contributed by atoms with E-state index in [1.165, 1.54) is 141 Å². The van der Waals surface area contributed by atoms with Crippen LogP contribution in [0.5, 0.6) is 0 Å². The number of hydrogen-bond acceptors (Lipinski definition) is 7. The van der Waals surface area contributed by atoms with Gasteiger partial charge < -0.3 is 18.9 Å². The van der Waals surface area contributed by atoms with E-state index in [1.807, 2.05) is 21.1 Å². The van der Waals surface area contributed by atoms with E-state index in [1.54, 1.807) is 0 Å². The topological polar surface area (TPSA) is 108 Å². The Labute approximate surface area is 529 Å². The number of quaternary nitrogens is 1. The maximum atomic E-state index is 12.8. The summed E-state index contributed by atoms with van der Waals surface area (Å²) in [7, 11) is 1.43. The number of esters is 2. The summed E-state index contributed by atoms with van der Waals surface area (Å²) in [4.78, 5) is 35.8. The zero-order valence-electron chi connectivity index (χ0n) is 55.7. The molecule has 0 rings (SSSR count). The van der Waals surface area contributed by atoms with Crippen molar-refractivity contribution in [2.75, 3.05) is 47.5 Å². The van der Waals surface area contributed by atoms with Crippen molar-refractivity contribution in [3.05, 3.63) is 146 Å². The summed E-state index contributed by atoms with van der Waals surface area (Å²) in [5, 5.41) is 0. The molecular formula is C76H129NO8P+. The molecule has 0 radical (unpaired) electrons. The number of unbranched alkanes of at least 4 members (excludes halogenated alkanes) is 24. The summed E-state index contributed by atoms with van der Waals surface area (Å²) in [6.07, 6.45) is 96.7. The summed E-state index contributed by atoms with van der Waals surface area (Å²) in [5.74, 6) is -0.871. The second-order valence-electron chi connectivity index (χ2n) is 23.8. The van der Waals surface area contributed by atoms with Gasteiger partial charge in [0.15, 0.2) is 6.10 Å². The van der Waals surface area contributed by atoms with Crippen LogP contribution in [0, 0.1) is 0 Å². The van der Waals surface area contributed by atoms with Crippen LogP contribution in [0.15, 0.2) is 146 Å². The smallest absolute Gasteiger partial charge is 0.462 e. The molecule has 2 unspecified atom stereocenters. The number of nitrogens with zero attached hydrogens (tertiary/aromatic N) is 1. The van der Waals surface area contributed by atoms with E-state index in [9.17, 15) is 19.0 Å². The van der Waals surface area contributed by atoms with Gasteiger partial charge in [-0.3, -0.25) is 18.6 Å². The van der Waals surface area contributed by atoms with Crippen LogP contribution in [0.4, 0.5) is 0 Å². The number of allylic oxidation sites excluding steroid dienone is 24. The molecule has 1 N–H and O–H groups in total. The van der Waals surface area contributed by atoms with E-state index in [4.69, 9.17) is 18.5 Å². The molecule has 0 saturated heterocycles. The van der Waals surface area contributed by atoms with Gasteiger partial charge in [-0.25, -0.2) is 4.57 Å². The maximum absolute atomic E-state index is 12.8. The lowest BCUT2D eigenvalue weighted by molar-refractivity contribution is -0.870. The molecule has 9 nitrogen and oxygen atoms in total. The van der Waals surface area contributed by atoms with Crippen LogP contribution in [-0.2, 0) is 32.7 Å². The molecule has 0 aromatic carbocycles. The Bertz CT molecular complexity index is 1960. The molecule has 0 aromatic heterocycles. The largest absolute Gasteiger partial charge is 0.472 e. The molecule has 0 aliphatic rings. The van der Waals surface area contributed by atoms with Gasteiger partial charge in [0.05, 0.1) is 27.7 Å². The van der Waals surface area contributed by atoms with Gasteiger partial charge in [-0.1, -0.05) is 288 Å². The maximum Gasteiger partial charge on any atom is 0.472 e. The third kappa shape index (κ3) is 69.0. The quantitative estimate of drug-likeness (QED) is 0.0211. The fraction of sp³-hybridized carbons (Fsp3) is 0.658. The molecule has 0 aromatic rings. The molecule has 0 heterocycles. The standard InChI is InChI=1S/C76H128NO8P/c1-6-8-10-12-14-16-18-20-22-24-26-28-30-32-34-36-37-38-39-41-42-44-46-48-50-52-54-56-58-60-62-64-66-68-75(78)82-72-74(73-84-86(80,81)83-71-70-77(3,4)5)85-76(79)69-67-65-63-61-59-57-55-53-51-49-47-45-43-40-35-33-31-29-27-25-23-21-19-17-15-13-11-9-7-2/h9,11,15,17-18,20-21,23-24,26-27,29-30,32-33,35,43,45,49,51,55,57,61,63,74H,6-8,10,12-14,16,19,22,25,28,31,34,36-42,44,46-48,50,52-54,56,58-60,62,64-73H2,1-5H3/p+1/b11-9-,17-15-,20-18-,23-21-,26-24-,29-27-,32-30-,35-33-,45-43-,51-49-,57-55-,63-61-. The second-order valence-corrected chi connectivity index (χ2v) is 25.3. The van der Waals surface area contributed by atoms with E-state index in [0.29, 0.717) is 23.9 Å². The average Bonchev–Trinajstić information content (AvgIpc) is 3.67. The number of carbonyl (C=O) groups is 2. The van der Waals surface area contributed by atoms with E-state index < -0.39 is 26.5 Å². The van der Waals surface area contributed by atoms with Crippen molar-refractivity contribution in [2.45, 2.75) is 277 Å². The fourth-order valence-electron chi connectivity index (χ4n) is 9.08. The predicted octanol–water partition coefficient (Wildman–Crippen LogP) is 22.6. The van der Waals surface area contributed by atoms with Crippen molar-refractivity contribution in [1.82, 2.24) is 0 Å². The number of phosphoric acid groups is 1. The molecule has 490 valence electrons. The van der Waals surface area contributed by atoms with E-state index in [0.717, 1.165) is 89.9 Å². The van der Waals surface area contributed by atoms with Crippen LogP contribution >= 0.6 is 7.82 Å². The minimum absolute atomic E-state index is 0.0137. The van der Waals surface area contributed by atoms with E-state index in [-0.39, 0.29) is 32.0 Å². The minimum Gasteiger partial charge on any atom is -0.462 e. The van der Waals surface area contributed by atoms with Gasteiger partial charge in [0, 0.05) is 12.8 Å². The molecular weight excluding hydrogens is 1090 g/mol. The first kappa shape index (κ1) is 81.9. The first-order valence-electron chi connectivity index (χ1n) is 34.6. The predicted molar refractivity (Wildman–Crippen MR) is 371 cm³/mol. The number of rotatable bonds is 62. The lowest BCUT2D eigenvalue weighted by Gasteiger charge is -2.24. The normalized spacial score (nSPS) is 14.1. The van der Waals surface area contributed by atoms with Crippen molar-refractivity contribution in [1.29, 1.82) is 0 Å². The molecule has 0 aliphatic heterocycles. The van der Waals surface area contributed by atoms with Gasteiger partial charge in [-0.15, -0.1) is 0 Å². The third-order valence-electron chi connectivity index (χ3n) is 14.4. The lowest BCUT2D eigenvalue weighted by Crippen LogP contribution is -2.37. The van der Waals surface area contributed by atoms with Crippen LogP contribution in [0.2, 0.25) is 0 Å². The molecule has 0 aliphatic carbocycles. The molecule has 0 saturated carbocycles. The van der Waals surface area contributed by atoms with Gasteiger partial charge in [0.2, 0.25) is 0 Å². The Kier molecular flexibility index (Phi) is 62.2.